The molecular weight excluding hydrogens is 204 g/mol. The summed E-state index contributed by atoms with van der Waals surface area (Å²) in [5, 5.41) is 11.9. The number of carbonyl (C=O) groups is 1. The topological polar surface area (TPSA) is 75.4 Å². The van der Waals surface area contributed by atoms with Crippen molar-refractivity contribution in [3.63, 3.8) is 0 Å². The lowest BCUT2D eigenvalue weighted by Gasteiger charge is -2.11. The van der Waals surface area contributed by atoms with Gasteiger partial charge in [0.2, 0.25) is 5.91 Å². The predicted octanol–water partition coefficient (Wildman–Crippen LogP) is 0.788. The van der Waals surface area contributed by atoms with Crippen molar-refractivity contribution < 1.29 is 9.90 Å². The molecule has 0 unspecified atom stereocenters. The molecule has 1 aromatic rings. The van der Waals surface area contributed by atoms with Crippen molar-refractivity contribution in [2.24, 2.45) is 5.73 Å². The lowest BCUT2D eigenvalue weighted by molar-refractivity contribution is -0.122. The lowest BCUT2D eigenvalue weighted by Crippen LogP contribution is -2.42. The van der Waals surface area contributed by atoms with Crippen LogP contribution in [0, 0.1) is 0 Å². The van der Waals surface area contributed by atoms with Gasteiger partial charge in [0.15, 0.2) is 0 Å². The van der Waals surface area contributed by atoms with E-state index >= 15 is 0 Å². The van der Waals surface area contributed by atoms with E-state index in [4.69, 9.17) is 10.8 Å². The third kappa shape index (κ3) is 3.90. The molecule has 0 spiro atoms. The van der Waals surface area contributed by atoms with E-state index in [9.17, 15) is 4.79 Å². The molecule has 0 aliphatic rings. The Bertz CT molecular complexity index is 335. The SMILES string of the molecule is CCCNC(=O)[C@H](N)Cc1ccc(O)cc1. The van der Waals surface area contributed by atoms with Gasteiger partial charge in [-0.15, -0.1) is 0 Å². The summed E-state index contributed by atoms with van der Waals surface area (Å²) in [5.74, 6) is 0.0858. The Morgan fingerprint density at radius 2 is 2.06 bits per heavy atom. The molecule has 0 aliphatic carbocycles. The number of amides is 1. The van der Waals surface area contributed by atoms with Crippen molar-refractivity contribution >= 4 is 5.91 Å². The smallest absolute Gasteiger partial charge is 0.237 e. The monoisotopic (exact) mass is 222 g/mol. The fraction of sp³-hybridized carbons (Fsp3) is 0.417. The van der Waals surface area contributed by atoms with E-state index in [2.05, 4.69) is 5.32 Å². The van der Waals surface area contributed by atoms with E-state index in [1.807, 2.05) is 6.92 Å². The molecule has 0 fully saturated rings. The van der Waals surface area contributed by atoms with Crippen LogP contribution in [0.25, 0.3) is 0 Å². The van der Waals surface area contributed by atoms with Crippen LogP contribution in [0.15, 0.2) is 24.3 Å². The molecule has 1 rings (SSSR count). The first-order valence-corrected chi connectivity index (χ1v) is 5.44. The summed E-state index contributed by atoms with van der Waals surface area (Å²) in [7, 11) is 0. The van der Waals surface area contributed by atoms with Crippen LogP contribution < -0.4 is 11.1 Å². The number of benzene rings is 1. The molecule has 0 heterocycles. The van der Waals surface area contributed by atoms with Crippen LogP contribution >= 0.6 is 0 Å². The molecular formula is C12H18N2O2. The van der Waals surface area contributed by atoms with Crippen molar-refractivity contribution in [2.75, 3.05) is 6.54 Å². The van der Waals surface area contributed by atoms with Gasteiger partial charge < -0.3 is 16.2 Å². The number of nitrogens with one attached hydrogen (secondary N) is 1. The van der Waals surface area contributed by atoms with Gasteiger partial charge >= 0.3 is 0 Å². The first kappa shape index (κ1) is 12.5. The molecule has 0 aliphatic heterocycles. The molecule has 0 saturated carbocycles. The molecule has 4 heteroatoms. The maximum absolute atomic E-state index is 11.5. The molecule has 0 radical (unpaired) electrons. The number of rotatable bonds is 5. The van der Waals surface area contributed by atoms with Gasteiger partial charge in [-0.1, -0.05) is 19.1 Å². The molecule has 0 aromatic heterocycles. The van der Waals surface area contributed by atoms with Gasteiger partial charge in [0.1, 0.15) is 5.75 Å². The second-order valence-corrected chi connectivity index (χ2v) is 3.77. The highest BCUT2D eigenvalue weighted by atomic mass is 16.3. The van der Waals surface area contributed by atoms with Gasteiger partial charge in [0, 0.05) is 6.54 Å². The van der Waals surface area contributed by atoms with Crippen LogP contribution in [0.1, 0.15) is 18.9 Å². The van der Waals surface area contributed by atoms with E-state index in [-0.39, 0.29) is 11.7 Å². The molecule has 88 valence electrons. The van der Waals surface area contributed by atoms with E-state index in [0.717, 1.165) is 12.0 Å². The number of nitrogens with two attached hydrogens (primary N) is 1. The largest absolute Gasteiger partial charge is 0.508 e. The second kappa shape index (κ2) is 6.12. The normalized spacial score (nSPS) is 12.1. The Morgan fingerprint density at radius 3 is 2.62 bits per heavy atom. The van der Waals surface area contributed by atoms with Crippen molar-refractivity contribution in [1.82, 2.24) is 5.32 Å². The Kier molecular flexibility index (Phi) is 4.79. The third-order valence-electron chi connectivity index (χ3n) is 2.28. The third-order valence-corrected chi connectivity index (χ3v) is 2.28. The Morgan fingerprint density at radius 1 is 1.44 bits per heavy atom. The first-order valence-electron chi connectivity index (χ1n) is 5.44. The number of phenolic OH excluding ortho intramolecular Hbond substituents is 1. The molecule has 1 aromatic carbocycles. The number of phenols is 1. The quantitative estimate of drug-likeness (QED) is 0.689. The lowest BCUT2D eigenvalue weighted by atomic mass is 10.1. The van der Waals surface area contributed by atoms with Crippen LogP contribution in [-0.2, 0) is 11.2 Å². The summed E-state index contributed by atoms with van der Waals surface area (Å²) in [6.07, 6.45) is 1.38. The average Bonchev–Trinajstić information content (AvgIpc) is 2.29. The molecule has 16 heavy (non-hydrogen) atoms. The molecule has 1 atom stereocenters. The summed E-state index contributed by atoms with van der Waals surface area (Å²) >= 11 is 0. The highest BCUT2D eigenvalue weighted by Gasteiger charge is 2.12. The van der Waals surface area contributed by atoms with Crippen molar-refractivity contribution in [1.29, 1.82) is 0 Å². The number of aromatic hydroxyl groups is 1. The standard InChI is InChI=1S/C12H18N2O2/c1-2-7-14-12(16)11(13)8-9-3-5-10(15)6-4-9/h3-6,11,15H,2,7-8,13H2,1H3,(H,14,16)/t11-/m1/s1. The highest BCUT2D eigenvalue weighted by Crippen LogP contribution is 2.10. The molecule has 4 N–H and O–H groups in total. The average molecular weight is 222 g/mol. The van der Waals surface area contributed by atoms with E-state index in [1.54, 1.807) is 24.3 Å². The zero-order chi connectivity index (χ0) is 12.0. The predicted molar refractivity (Wildman–Crippen MR) is 63.1 cm³/mol. The Balaban J connectivity index is 2.47. The minimum Gasteiger partial charge on any atom is -0.508 e. The Labute approximate surface area is 95.5 Å². The van der Waals surface area contributed by atoms with Gasteiger partial charge in [-0.25, -0.2) is 0 Å². The summed E-state index contributed by atoms with van der Waals surface area (Å²) in [5.41, 5.74) is 6.70. The minimum absolute atomic E-state index is 0.130. The molecule has 0 saturated heterocycles. The molecule has 1 amide bonds. The van der Waals surface area contributed by atoms with E-state index in [0.29, 0.717) is 13.0 Å². The maximum Gasteiger partial charge on any atom is 0.237 e. The van der Waals surface area contributed by atoms with Crippen molar-refractivity contribution in [2.45, 2.75) is 25.8 Å². The summed E-state index contributed by atoms with van der Waals surface area (Å²) < 4.78 is 0. The van der Waals surface area contributed by atoms with Crippen LogP contribution in [0.4, 0.5) is 0 Å². The first-order chi connectivity index (χ1) is 7.63. The summed E-state index contributed by atoms with van der Waals surface area (Å²) in [6.45, 7) is 2.65. The highest BCUT2D eigenvalue weighted by molar-refractivity contribution is 5.81. The van der Waals surface area contributed by atoms with Crippen molar-refractivity contribution in [3.8, 4) is 5.75 Å². The number of hydrogen-bond acceptors (Lipinski definition) is 3. The van der Waals surface area contributed by atoms with E-state index < -0.39 is 6.04 Å². The number of carbonyl (C=O) groups excluding carboxylic acids is 1. The van der Waals surface area contributed by atoms with Crippen LogP contribution in [-0.4, -0.2) is 23.6 Å². The van der Waals surface area contributed by atoms with Gasteiger partial charge in [-0.2, -0.15) is 0 Å². The van der Waals surface area contributed by atoms with Crippen LogP contribution in [0.3, 0.4) is 0 Å². The van der Waals surface area contributed by atoms with E-state index in [1.165, 1.54) is 0 Å². The zero-order valence-electron chi connectivity index (χ0n) is 9.44. The second-order valence-electron chi connectivity index (χ2n) is 3.77. The molecule has 0 bridgehead atoms. The fourth-order valence-electron chi connectivity index (χ4n) is 1.36. The van der Waals surface area contributed by atoms with Crippen LogP contribution in [0.2, 0.25) is 0 Å². The minimum atomic E-state index is -0.531. The fourth-order valence-corrected chi connectivity index (χ4v) is 1.36. The van der Waals surface area contributed by atoms with Gasteiger partial charge in [0.05, 0.1) is 6.04 Å². The maximum atomic E-state index is 11.5. The zero-order valence-corrected chi connectivity index (χ0v) is 9.44. The van der Waals surface area contributed by atoms with Crippen LogP contribution in [0.5, 0.6) is 5.75 Å². The summed E-state index contributed by atoms with van der Waals surface area (Å²) in [4.78, 5) is 11.5. The van der Waals surface area contributed by atoms with Crippen molar-refractivity contribution in [3.05, 3.63) is 29.8 Å². The Hall–Kier alpha value is -1.55. The summed E-state index contributed by atoms with van der Waals surface area (Å²) in [6, 6.07) is 6.18. The number of hydrogen-bond donors (Lipinski definition) is 3. The van der Waals surface area contributed by atoms with Gasteiger partial charge in [0.25, 0.3) is 0 Å². The molecule has 4 nitrogen and oxygen atoms in total. The van der Waals surface area contributed by atoms with Gasteiger partial charge in [-0.3, -0.25) is 4.79 Å². The van der Waals surface area contributed by atoms with Gasteiger partial charge in [-0.05, 0) is 30.5 Å².